The van der Waals surface area contributed by atoms with Gasteiger partial charge in [-0.3, -0.25) is 20.4 Å². The third-order valence-corrected chi connectivity index (χ3v) is 6.40. The zero-order chi connectivity index (χ0) is 19.4. The highest BCUT2D eigenvalue weighted by atomic mass is 32.2. The molecule has 144 valence electrons. The molecule has 0 saturated carbocycles. The highest BCUT2D eigenvalue weighted by molar-refractivity contribution is 7.91. The number of benzene rings is 1. The van der Waals surface area contributed by atoms with Gasteiger partial charge < -0.3 is 4.42 Å². The van der Waals surface area contributed by atoms with Crippen LogP contribution in [0.3, 0.4) is 0 Å². The number of nitrogens with one attached hydrogen (secondary N) is 2. The summed E-state index contributed by atoms with van der Waals surface area (Å²) in [4.78, 5) is 23.8. The Labute approximate surface area is 157 Å². The molecular formula is C19H22N2O5S. The van der Waals surface area contributed by atoms with Crippen LogP contribution in [0.2, 0.25) is 0 Å². The Morgan fingerprint density at radius 2 is 2.04 bits per heavy atom. The van der Waals surface area contributed by atoms with Gasteiger partial charge in [0.1, 0.15) is 11.3 Å². The second-order valence-electron chi connectivity index (χ2n) is 6.63. The van der Waals surface area contributed by atoms with Gasteiger partial charge in [-0.25, -0.2) is 8.42 Å². The predicted molar refractivity (Wildman–Crippen MR) is 102 cm³/mol. The molecule has 1 atom stereocenters. The lowest BCUT2D eigenvalue weighted by molar-refractivity contribution is -0.127. The number of hydrogen-bond donors (Lipinski definition) is 2. The summed E-state index contributed by atoms with van der Waals surface area (Å²) < 4.78 is 28.6. The van der Waals surface area contributed by atoms with Crippen LogP contribution in [0, 0.1) is 5.92 Å². The largest absolute Gasteiger partial charge is 0.460 e. The van der Waals surface area contributed by atoms with E-state index in [-0.39, 0.29) is 23.8 Å². The van der Waals surface area contributed by atoms with Gasteiger partial charge in [-0.1, -0.05) is 25.1 Å². The first-order valence-corrected chi connectivity index (χ1v) is 10.7. The molecule has 0 bridgehead atoms. The van der Waals surface area contributed by atoms with Crippen LogP contribution in [0.4, 0.5) is 0 Å². The van der Waals surface area contributed by atoms with Crippen molar-refractivity contribution in [3.8, 4) is 0 Å². The first-order chi connectivity index (χ1) is 12.9. The highest BCUT2D eigenvalue weighted by Gasteiger charge is 2.29. The van der Waals surface area contributed by atoms with Gasteiger partial charge in [0.2, 0.25) is 5.91 Å². The second-order valence-corrected chi connectivity index (χ2v) is 8.86. The quantitative estimate of drug-likeness (QED) is 0.600. The van der Waals surface area contributed by atoms with E-state index in [2.05, 4.69) is 10.9 Å². The zero-order valence-electron chi connectivity index (χ0n) is 15.0. The first kappa shape index (κ1) is 19.2. The Hall–Kier alpha value is -2.61. The molecule has 2 amide bonds. The molecular weight excluding hydrogens is 368 g/mol. The van der Waals surface area contributed by atoms with Crippen molar-refractivity contribution in [3.63, 3.8) is 0 Å². The Balaban J connectivity index is 1.56. The lowest BCUT2D eigenvalue weighted by Crippen LogP contribution is -2.41. The van der Waals surface area contributed by atoms with Crippen LogP contribution < -0.4 is 10.9 Å². The Kier molecular flexibility index (Phi) is 5.65. The molecule has 2 heterocycles. The molecule has 2 aromatic rings. The fraction of sp³-hybridized carbons (Fsp3) is 0.368. The van der Waals surface area contributed by atoms with Gasteiger partial charge in [-0.05, 0) is 24.5 Å². The molecule has 1 fully saturated rings. The molecule has 0 unspecified atom stereocenters. The van der Waals surface area contributed by atoms with E-state index in [1.54, 1.807) is 6.08 Å². The summed E-state index contributed by atoms with van der Waals surface area (Å²) in [6.07, 6.45) is 4.25. The zero-order valence-corrected chi connectivity index (χ0v) is 15.8. The molecule has 1 aromatic heterocycles. The fourth-order valence-electron chi connectivity index (χ4n) is 3.24. The van der Waals surface area contributed by atoms with Crippen molar-refractivity contribution in [3.05, 3.63) is 41.7 Å². The average molecular weight is 390 g/mol. The smallest absolute Gasteiger partial charge is 0.262 e. The minimum Gasteiger partial charge on any atom is -0.460 e. The number of amides is 2. The lowest BCUT2D eigenvalue weighted by Gasteiger charge is -2.08. The standard InChI is InChI=1S/C19H22N2O5S/c1-2-16-15(14-5-3-4-6-17(14)26-16)7-8-18(22)20-21-19(23)11-13-9-10-27(24,25)12-13/h3-8,13H,2,9-12H2,1H3,(H,20,22)(H,21,23)/b8-7+/t13-/m0/s1. The van der Waals surface area contributed by atoms with Crippen molar-refractivity contribution in [1.29, 1.82) is 0 Å². The third-order valence-electron chi connectivity index (χ3n) is 4.56. The van der Waals surface area contributed by atoms with Crippen molar-refractivity contribution < 1.29 is 22.4 Å². The summed E-state index contributed by atoms with van der Waals surface area (Å²) in [6, 6.07) is 7.58. The molecule has 1 saturated heterocycles. The molecule has 0 radical (unpaired) electrons. The number of hydrazine groups is 1. The van der Waals surface area contributed by atoms with Crippen molar-refractivity contribution in [2.24, 2.45) is 5.92 Å². The van der Waals surface area contributed by atoms with E-state index in [1.807, 2.05) is 31.2 Å². The summed E-state index contributed by atoms with van der Waals surface area (Å²) in [5, 5.41) is 0.921. The van der Waals surface area contributed by atoms with Crippen LogP contribution in [-0.4, -0.2) is 31.7 Å². The predicted octanol–water partition coefficient (Wildman–Crippen LogP) is 1.98. The van der Waals surface area contributed by atoms with Crippen LogP contribution in [0.15, 0.2) is 34.8 Å². The van der Waals surface area contributed by atoms with Gasteiger partial charge >= 0.3 is 0 Å². The molecule has 1 aromatic carbocycles. The summed E-state index contributed by atoms with van der Waals surface area (Å²) in [5.41, 5.74) is 6.24. The number of para-hydroxylation sites is 1. The Morgan fingerprint density at radius 3 is 2.74 bits per heavy atom. The first-order valence-electron chi connectivity index (χ1n) is 8.85. The third kappa shape index (κ3) is 4.77. The Bertz CT molecular complexity index is 991. The average Bonchev–Trinajstić information content (AvgIpc) is 3.17. The van der Waals surface area contributed by atoms with E-state index >= 15 is 0 Å². The second kappa shape index (κ2) is 7.96. The number of furan rings is 1. The minimum atomic E-state index is -3.02. The monoisotopic (exact) mass is 390 g/mol. The van der Waals surface area contributed by atoms with E-state index in [0.29, 0.717) is 12.8 Å². The minimum absolute atomic E-state index is 0.0294. The van der Waals surface area contributed by atoms with E-state index in [9.17, 15) is 18.0 Å². The van der Waals surface area contributed by atoms with E-state index in [4.69, 9.17) is 4.42 Å². The maximum Gasteiger partial charge on any atom is 0.262 e. The van der Waals surface area contributed by atoms with Crippen molar-refractivity contribution in [1.82, 2.24) is 10.9 Å². The molecule has 8 heteroatoms. The van der Waals surface area contributed by atoms with Crippen LogP contribution >= 0.6 is 0 Å². The molecule has 1 aliphatic heterocycles. The van der Waals surface area contributed by atoms with Crippen LogP contribution in [0.1, 0.15) is 31.1 Å². The van der Waals surface area contributed by atoms with Gasteiger partial charge in [-0.2, -0.15) is 0 Å². The molecule has 2 N–H and O–H groups in total. The van der Waals surface area contributed by atoms with Crippen molar-refractivity contribution in [2.45, 2.75) is 26.2 Å². The lowest BCUT2D eigenvalue weighted by atomic mass is 10.1. The Morgan fingerprint density at radius 1 is 1.26 bits per heavy atom. The number of rotatable bonds is 5. The van der Waals surface area contributed by atoms with E-state index in [0.717, 1.165) is 22.3 Å². The van der Waals surface area contributed by atoms with Crippen molar-refractivity contribution in [2.75, 3.05) is 11.5 Å². The maximum absolute atomic E-state index is 12.0. The van der Waals surface area contributed by atoms with Crippen LogP contribution in [0.5, 0.6) is 0 Å². The summed E-state index contributed by atoms with van der Waals surface area (Å²) in [5.74, 6) is -0.129. The van der Waals surface area contributed by atoms with E-state index in [1.165, 1.54) is 6.08 Å². The summed E-state index contributed by atoms with van der Waals surface area (Å²) >= 11 is 0. The topological polar surface area (TPSA) is 105 Å². The molecule has 27 heavy (non-hydrogen) atoms. The van der Waals surface area contributed by atoms with E-state index < -0.39 is 21.7 Å². The number of carbonyl (C=O) groups is 2. The number of sulfone groups is 1. The van der Waals surface area contributed by atoms with Gasteiger partial charge in [0.15, 0.2) is 9.84 Å². The number of aryl methyl sites for hydroxylation is 1. The number of carbonyl (C=O) groups excluding carboxylic acids is 2. The van der Waals surface area contributed by atoms with Crippen molar-refractivity contribution >= 4 is 38.7 Å². The summed E-state index contributed by atoms with van der Waals surface area (Å²) in [7, 11) is -3.02. The molecule has 7 nitrogen and oxygen atoms in total. The van der Waals surface area contributed by atoms with Gasteiger partial charge in [0.25, 0.3) is 5.91 Å². The molecule has 0 aliphatic carbocycles. The fourth-order valence-corrected chi connectivity index (χ4v) is 5.10. The SMILES string of the molecule is CCc1oc2ccccc2c1/C=C/C(=O)NNC(=O)C[C@@H]1CCS(=O)(=O)C1. The summed E-state index contributed by atoms with van der Waals surface area (Å²) in [6.45, 7) is 1.97. The highest BCUT2D eigenvalue weighted by Crippen LogP contribution is 2.27. The van der Waals surface area contributed by atoms with Crippen LogP contribution in [-0.2, 0) is 25.8 Å². The van der Waals surface area contributed by atoms with Crippen LogP contribution in [0.25, 0.3) is 17.0 Å². The molecule has 3 rings (SSSR count). The van der Waals surface area contributed by atoms with Gasteiger partial charge in [0, 0.05) is 29.9 Å². The maximum atomic E-state index is 12.0. The number of fused-ring (bicyclic) bond motifs is 1. The van der Waals surface area contributed by atoms with Gasteiger partial charge in [0.05, 0.1) is 11.5 Å². The van der Waals surface area contributed by atoms with Gasteiger partial charge in [-0.15, -0.1) is 0 Å². The number of hydrogen-bond acceptors (Lipinski definition) is 5. The molecule has 1 aliphatic rings. The molecule has 0 spiro atoms. The normalized spacial score (nSPS) is 18.8.